The van der Waals surface area contributed by atoms with Gasteiger partial charge in [-0.15, -0.1) is 11.3 Å². The van der Waals surface area contributed by atoms with E-state index >= 15 is 0 Å². The van der Waals surface area contributed by atoms with Gasteiger partial charge < -0.3 is 15.0 Å². The van der Waals surface area contributed by atoms with Crippen LogP contribution in [0.4, 0.5) is 5.13 Å². The van der Waals surface area contributed by atoms with Crippen LogP contribution < -0.4 is 10.1 Å². The van der Waals surface area contributed by atoms with Gasteiger partial charge >= 0.3 is 0 Å². The second-order valence-corrected chi connectivity index (χ2v) is 7.45. The van der Waals surface area contributed by atoms with Gasteiger partial charge in [-0.3, -0.25) is 4.79 Å². The first-order chi connectivity index (χ1) is 13.3. The highest BCUT2D eigenvalue weighted by molar-refractivity contribution is 7.14. The summed E-state index contributed by atoms with van der Waals surface area (Å²) in [6.45, 7) is 0.392. The van der Waals surface area contributed by atoms with Crippen LogP contribution in [-0.2, 0) is 11.2 Å². The molecule has 4 aromatic rings. The monoisotopic (exact) mass is 375 g/mol. The molecule has 1 aliphatic rings. The van der Waals surface area contributed by atoms with E-state index in [-0.39, 0.29) is 11.8 Å². The number of carbonyl (C=O) groups excluding carboxylic acids is 1. The second-order valence-electron chi connectivity index (χ2n) is 6.59. The lowest BCUT2D eigenvalue weighted by atomic mass is 9.96. The molecule has 6 heteroatoms. The minimum absolute atomic E-state index is 0.0515. The van der Waals surface area contributed by atoms with Gasteiger partial charge in [0.05, 0.1) is 11.6 Å². The molecule has 0 saturated carbocycles. The van der Waals surface area contributed by atoms with Crippen LogP contribution in [0.1, 0.15) is 5.56 Å². The number of nitrogens with zero attached hydrogens (tertiary/aromatic N) is 1. The van der Waals surface area contributed by atoms with Crippen LogP contribution in [0.2, 0.25) is 0 Å². The molecule has 27 heavy (non-hydrogen) atoms. The fourth-order valence-electron chi connectivity index (χ4n) is 3.44. The molecule has 0 fully saturated rings. The maximum absolute atomic E-state index is 12.7. The summed E-state index contributed by atoms with van der Waals surface area (Å²) in [4.78, 5) is 20.5. The third kappa shape index (κ3) is 2.98. The van der Waals surface area contributed by atoms with Crippen LogP contribution in [0.25, 0.3) is 22.2 Å². The summed E-state index contributed by atoms with van der Waals surface area (Å²) in [6.07, 6.45) is 2.64. The molecule has 2 N–H and O–H groups in total. The first-order valence-electron chi connectivity index (χ1n) is 8.81. The van der Waals surface area contributed by atoms with Crippen molar-refractivity contribution in [2.45, 2.75) is 6.42 Å². The predicted octanol–water partition coefficient (Wildman–Crippen LogP) is 4.48. The lowest BCUT2D eigenvalue weighted by Crippen LogP contribution is -2.32. The highest BCUT2D eigenvalue weighted by Gasteiger charge is 2.26. The van der Waals surface area contributed by atoms with Crippen LogP contribution in [-0.4, -0.2) is 22.5 Å². The maximum atomic E-state index is 12.7. The molecule has 0 saturated heterocycles. The molecule has 1 amide bonds. The van der Waals surface area contributed by atoms with E-state index in [9.17, 15) is 4.79 Å². The van der Waals surface area contributed by atoms with Crippen LogP contribution in [0.15, 0.2) is 60.1 Å². The normalized spacial score (nSPS) is 15.9. The molecule has 3 heterocycles. The molecule has 5 rings (SSSR count). The molecule has 0 radical (unpaired) electrons. The molecule has 5 nitrogen and oxygen atoms in total. The zero-order valence-electron chi connectivity index (χ0n) is 14.4. The van der Waals surface area contributed by atoms with E-state index in [4.69, 9.17) is 4.74 Å². The van der Waals surface area contributed by atoms with Crippen molar-refractivity contribution >= 4 is 33.3 Å². The van der Waals surface area contributed by atoms with Gasteiger partial charge in [-0.1, -0.05) is 36.4 Å². The molecule has 1 aliphatic heterocycles. The van der Waals surface area contributed by atoms with E-state index in [2.05, 4.69) is 21.4 Å². The quantitative estimate of drug-likeness (QED) is 0.555. The van der Waals surface area contributed by atoms with Crippen molar-refractivity contribution in [3.8, 4) is 17.0 Å². The lowest BCUT2D eigenvalue weighted by molar-refractivity contribution is -0.121. The SMILES string of the molecule is O=C(Nc1nc(-c2c[nH]c3ccccc23)cs1)[C@H]1COc2ccccc2C1. The van der Waals surface area contributed by atoms with Gasteiger partial charge in [-0.25, -0.2) is 4.98 Å². The Morgan fingerprint density at radius 1 is 1.19 bits per heavy atom. The number of benzene rings is 2. The number of rotatable bonds is 3. The number of ether oxygens (including phenoxy) is 1. The summed E-state index contributed by atoms with van der Waals surface area (Å²) in [7, 11) is 0. The number of fused-ring (bicyclic) bond motifs is 2. The highest BCUT2D eigenvalue weighted by Crippen LogP contribution is 2.32. The first-order valence-corrected chi connectivity index (χ1v) is 9.69. The van der Waals surface area contributed by atoms with E-state index in [1.54, 1.807) is 0 Å². The number of para-hydroxylation sites is 2. The summed E-state index contributed by atoms with van der Waals surface area (Å²) < 4.78 is 5.73. The largest absolute Gasteiger partial charge is 0.492 e. The van der Waals surface area contributed by atoms with Crippen LogP contribution in [0.3, 0.4) is 0 Å². The molecule has 2 aromatic heterocycles. The van der Waals surface area contributed by atoms with Crippen molar-refractivity contribution in [2.75, 3.05) is 11.9 Å². The Hall–Kier alpha value is -3.12. The van der Waals surface area contributed by atoms with Crippen molar-refractivity contribution in [3.05, 3.63) is 65.7 Å². The number of amides is 1. The zero-order valence-corrected chi connectivity index (χ0v) is 15.3. The molecule has 134 valence electrons. The molecular weight excluding hydrogens is 358 g/mol. The molecule has 2 aromatic carbocycles. The van der Waals surface area contributed by atoms with Gasteiger partial charge in [0.2, 0.25) is 5.91 Å². The molecule has 1 atom stereocenters. The molecule has 0 spiro atoms. The average Bonchev–Trinajstić information content (AvgIpc) is 3.34. The number of H-pyrrole nitrogens is 1. The Bertz CT molecular complexity index is 1130. The molecule has 0 bridgehead atoms. The van der Waals surface area contributed by atoms with Gasteiger partial charge in [-0.05, 0) is 24.1 Å². The van der Waals surface area contributed by atoms with Gasteiger partial charge in [0, 0.05) is 28.0 Å². The number of nitrogens with one attached hydrogen (secondary N) is 2. The van der Waals surface area contributed by atoms with Gasteiger partial charge in [0.15, 0.2) is 5.13 Å². The van der Waals surface area contributed by atoms with Crippen molar-refractivity contribution < 1.29 is 9.53 Å². The Morgan fingerprint density at radius 3 is 3.00 bits per heavy atom. The van der Waals surface area contributed by atoms with Gasteiger partial charge in [0.25, 0.3) is 0 Å². The number of aromatic nitrogens is 2. The molecule has 0 aliphatic carbocycles. The minimum Gasteiger partial charge on any atom is -0.492 e. The van der Waals surface area contributed by atoms with Crippen molar-refractivity contribution in [1.82, 2.24) is 9.97 Å². The number of thiazole rings is 1. The summed E-state index contributed by atoms with van der Waals surface area (Å²) in [5.41, 5.74) is 4.04. The van der Waals surface area contributed by atoms with Crippen molar-refractivity contribution in [2.24, 2.45) is 5.92 Å². The Morgan fingerprint density at radius 2 is 2.04 bits per heavy atom. The van der Waals surface area contributed by atoms with Crippen molar-refractivity contribution in [1.29, 1.82) is 0 Å². The summed E-state index contributed by atoms with van der Waals surface area (Å²) in [6, 6.07) is 16.0. The Balaban J connectivity index is 1.33. The minimum atomic E-state index is -0.208. The molecular formula is C21H17N3O2S. The van der Waals surface area contributed by atoms with Crippen LogP contribution in [0, 0.1) is 5.92 Å². The fourth-order valence-corrected chi connectivity index (χ4v) is 4.16. The summed E-state index contributed by atoms with van der Waals surface area (Å²) in [5, 5.41) is 6.65. The zero-order chi connectivity index (χ0) is 18.2. The van der Waals surface area contributed by atoms with E-state index in [1.807, 2.05) is 54.0 Å². The predicted molar refractivity (Wildman–Crippen MR) is 107 cm³/mol. The first kappa shape index (κ1) is 16.1. The molecule has 0 unspecified atom stereocenters. The van der Waals surface area contributed by atoms with Gasteiger partial charge in [0.1, 0.15) is 12.4 Å². The van der Waals surface area contributed by atoms with E-state index < -0.39 is 0 Å². The summed E-state index contributed by atoms with van der Waals surface area (Å²) >= 11 is 1.44. The number of hydrogen-bond acceptors (Lipinski definition) is 4. The van der Waals surface area contributed by atoms with Crippen LogP contribution in [0.5, 0.6) is 5.75 Å². The van der Waals surface area contributed by atoms with E-state index in [1.165, 1.54) is 11.3 Å². The highest BCUT2D eigenvalue weighted by atomic mass is 32.1. The Labute approximate surface area is 160 Å². The second kappa shape index (κ2) is 6.55. The number of anilines is 1. The fraction of sp³-hybridized carbons (Fsp3) is 0.143. The Kier molecular flexibility index (Phi) is 3.90. The summed E-state index contributed by atoms with van der Waals surface area (Å²) in [5.74, 6) is 0.613. The van der Waals surface area contributed by atoms with E-state index in [0.29, 0.717) is 18.2 Å². The third-order valence-corrected chi connectivity index (χ3v) is 5.61. The van der Waals surface area contributed by atoms with Gasteiger partial charge in [-0.2, -0.15) is 0 Å². The smallest absolute Gasteiger partial charge is 0.233 e. The average molecular weight is 375 g/mol. The number of aromatic amines is 1. The standard InChI is InChI=1S/C21H17N3O2S/c25-20(14-9-13-5-1-4-8-19(13)26-11-14)24-21-23-18(12-27-21)16-10-22-17-7-3-2-6-15(16)17/h1-8,10,12,14,22H,9,11H2,(H,23,24,25)/t14-/m1/s1. The van der Waals surface area contributed by atoms with E-state index in [0.717, 1.165) is 33.5 Å². The van der Waals surface area contributed by atoms with Crippen molar-refractivity contribution in [3.63, 3.8) is 0 Å². The topological polar surface area (TPSA) is 67.0 Å². The number of hydrogen-bond donors (Lipinski definition) is 2. The van der Waals surface area contributed by atoms with Crippen LogP contribution >= 0.6 is 11.3 Å². The number of carbonyl (C=O) groups is 1. The third-order valence-electron chi connectivity index (χ3n) is 4.85. The lowest BCUT2D eigenvalue weighted by Gasteiger charge is -2.24. The maximum Gasteiger partial charge on any atom is 0.233 e.